The minimum absolute atomic E-state index is 0.0260. The summed E-state index contributed by atoms with van der Waals surface area (Å²) in [5, 5.41) is 5.33. The van der Waals surface area contributed by atoms with E-state index in [2.05, 4.69) is 31.3 Å². The third-order valence-electron chi connectivity index (χ3n) is 2.13. The number of benzene rings is 1. The first-order valence-electron chi connectivity index (χ1n) is 5.43. The number of carbonyl (C=O) groups is 2. The van der Waals surface area contributed by atoms with Gasteiger partial charge in [-0.05, 0) is 28.1 Å². The Morgan fingerprint density at radius 1 is 1.22 bits per heavy atom. The quantitative estimate of drug-likeness (QED) is 0.768. The lowest BCUT2D eigenvalue weighted by Crippen LogP contribution is -2.36. The molecule has 2 amide bonds. The van der Waals surface area contributed by atoms with Crippen molar-refractivity contribution in [2.45, 2.75) is 0 Å². The predicted octanol–water partition coefficient (Wildman–Crippen LogP) is 0.942. The fourth-order valence-electron chi connectivity index (χ4n) is 1.30. The molecule has 0 unspecified atom stereocenters. The Kier molecular flexibility index (Phi) is 6.38. The van der Waals surface area contributed by atoms with E-state index in [1.165, 1.54) is 7.11 Å². The Morgan fingerprint density at radius 3 is 2.56 bits per heavy atom. The van der Waals surface area contributed by atoms with E-state index in [1.807, 2.05) is 6.07 Å². The largest absolute Gasteiger partial charge is 0.375 e. The molecule has 0 spiro atoms. The highest BCUT2D eigenvalue weighted by Gasteiger charge is 2.08. The van der Waals surface area contributed by atoms with Crippen LogP contribution < -0.4 is 10.6 Å². The highest BCUT2D eigenvalue weighted by molar-refractivity contribution is 9.10. The van der Waals surface area contributed by atoms with Gasteiger partial charge in [0.05, 0.1) is 5.56 Å². The molecular weight excluding hydrogens is 300 g/mol. The third-order valence-corrected chi connectivity index (χ3v) is 2.82. The molecule has 0 saturated carbocycles. The third kappa shape index (κ3) is 4.85. The molecule has 0 saturated heterocycles. The van der Waals surface area contributed by atoms with E-state index >= 15 is 0 Å². The van der Waals surface area contributed by atoms with E-state index in [0.29, 0.717) is 18.7 Å². The van der Waals surface area contributed by atoms with Crippen LogP contribution in [0.1, 0.15) is 10.4 Å². The molecule has 0 aromatic heterocycles. The fourth-order valence-corrected chi connectivity index (χ4v) is 1.77. The lowest BCUT2D eigenvalue weighted by atomic mass is 10.2. The maximum atomic E-state index is 11.8. The van der Waals surface area contributed by atoms with Gasteiger partial charge in [0, 0.05) is 24.7 Å². The summed E-state index contributed by atoms with van der Waals surface area (Å²) in [6.07, 6.45) is 0. The predicted molar refractivity (Wildman–Crippen MR) is 71.4 cm³/mol. The first-order chi connectivity index (χ1) is 8.65. The van der Waals surface area contributed by atoms with E-state index in [0.717, 1.165) is 4.47 Å². The molecular formula is C12H15BrN2O3. The van der Waals surface area contributed by atoms with Crippen LogP contribution in [0.4, 0.5) is 0 Å². The van der Waals surface area contributed by atoms with Crippen LogP contribution in [0.2, 0.25) is 0 Å². The Bertz CT molecular complexity index is 424. The van der Waals surface area contributed by atoms with Crippen molar-refractivity contribution < 1.29 is 14.3 Å². The van der Waals surface area contributed by atoms with Crippen LogP contribution in [-0.4, -0.2) is 38.6 Å². The highest BCUT2D eigenvalue weighted by Crippen LogP contribution is 2.15. The molecule has 0 radical (unpaired) electrons. The maximum absolute atomic E-state index is 11.8. The molecule has 0 aliphatic carbocycles. The van der Waals surface area contributed by atoms with Crippen molar-refractivity contribution in [2.75, 3.05) is 26.8 Å². The summed E-state index contributed by atoms with van der Waals surface area (Å²) in [4.78, 5) is 22.8. The average Bonchev–Trinajstić information content (AvgIpc) is 2.35. The van der Waals surface area contributed by atoms with Gasteiger partial charge in [0.25, 0.3) is 5.91 Å². The molecule has 0 aliphatic heterocycles. The maximum Gasteiger partial charge on any atom is 0.252 e. The van der Waals surface area contributed by atoms with E-state index < -0.39 is 0 Å². The van der Waals surface area contributed by atoms with Crippen molar-refractivity contribution in [2.24, 2.45) is 0 Å². The Balaban J connectivity index is 2.30. The molecule has 1 aromatic rings. The van der Waals surface area contributed by atoms with Crippen molar-refractivity contribution >= 4 is 27.7 Å². The van der Waals surface area contributed by atoms with Crippen LogP contribution in [0.3, 0.4) is 0 Å². The van der Waals surface area contributed by atoms with Crippen molar-refractivity contribution in [3.05, 3.63) is 34.3 Å². The van der Waals surface area contributed by atoms with Gasteiger partial charge in [-0.3, -0.25) is 9.59 Å². The second-order valence-electron chi connectivity index (χ2n) is 3.52. The molecule has 18 heavy (non-hydrogen) atoms. The van der Waals surface area contributed by atoms with E-state index in [1.54, 1.807) is 18.2 Å². The molecule has 1 aromatic carbocycles. The summed E-state index contributed by atoms with van der Waals surface area (Å²) in [6, 6.07) is 7.16. The van der Waals surface area contributed by atoms with Gasteiger partial charge in [0.1, 0.15) is 6.61 Å². The number of ether oxygens (including phenoxy) is 1. The smallest absolute Gasteiger partial charge is 0.252 e. The van der Waals surface area contributed by atoms with Crippen molar-refractivity contribution in [1.29, 1.82) is 0 Å². The van der Waals surface area contributed by atoms with Gasteiger partial charge < -0.3 is 15.4 Å². The van der Waals surface area contributed by atoms with Gasteiger partial charge in [-0.25, -0.2) is 0 Å². The summed E-state index contributed by atoms with van der Waals surface area (Å²) in [6.45, 7) is 0.770. The number of hydrogen-bond donors (Lipinski definition) is 2. The number of rotatable bonds is 6. The van der Waals surface area contributed by atoms with Crippen LogP contribution in [0.25, 0.3) is 0 Å². The zero-order valence-electron chi connectivity index (χ0n) is 10.0. The molecule has 0 fully saturated rings. The molecule has 0 aliphatic rings. The molecule has 5 nitrogen and oxygen atoms in total. The second kappa shape index (κ2) is 7.84. The average molecular weight is 315 g/mol. The monoisotopic (exact) mass is 314 g/mol. The molecule has 6 heteroatoms. The minimum Gasteiger partial charge on any atom is -0.375 e. The summed E-state index contributed by atoms with van der Waals surface area (Å²) in [7, 11) is 1.45. The van der Waals surface area contributed by atoms with Gasteiger partial charge >= 0.3 is 0 Å². The van der Waals surface area contributed by atoms with Crippen molar-refractivity contribution in [3.8, 4) is 0 Å². The number of carbonyl (C=O) groups excluding carboxylic acids is 2. The van der Waals surface area contributed by atoms with Gasteiger partial charge in [0.2, 0.25) is 5.91 Å². The van der Waals surface area contributed by atoms with Crippen LogP contribution in [0, 0.1) is 0 Å². The molecule has 1 rings (SSSR count). The van der Waals surface area contributed by atoms with Gasteiger partial charge in [-0.1, -0.05) is 12.1 Å². The van der Waals surface area contributed by atoms with Crippen molar-refractivity contribution in [3.63, 3.8) is 0 Å². The summed E-state index contributed by atoms with van der Waals surface area (Å²) < 4.78 is 5.40. The van der Waals surface area contributed by atoms with Gasteiger partial charge in [-0.2, -0.15) is 0 Å². The fraction of sp³-hybridized carbons (Fsp3) is 0.333. The van der Waals surface area contributed by atoms with Crippen LogP contribution in [0.15, 0.2) is 28.7 Å². The van der Waals surface area contributed by atoms with E-state index in [4.69, 9.17) is 0 Å². The van der Waals surface area contributed by atoms with E-state index in [-0.39, 0.29) is 18.4 Å². The highest BCUT2D eigenvalue weighted by atomic mass is 79.9. The zero-order chi connectivity index (χ0) is 13.4. The van der Waals surface area contributed by atoms with Gasteiger partial charge in [-0.15, -0.1) is 0 Å². The zero-order valence-corrected chi connectivity index (χ0v) is 11.6. The lowest BCUT2D eigenvalue weighted by Gasteiger charge is -2.07. The molecule has 98 valence electrons. The molecule has 0 heterocycles. The Hall–Kier alpha value is -1.40. The number of hydrogen-bond acceptors (Lipinski definition) is 3. The number of halogens is 1. The first kappa shape index (κ1) is 14.7. The standard InChI is InChI=1S/C12H15BrN2O3/c1-18-8-11(16)14-6-7-15-12(17)9-4-2-3-5-10(9)13/h2-5H,6-8H2,1H3,(H,14,16)(H,15,17). The lowest BCUT2D eigenvalue weighted by molar-refractivity contribution is -0.124. The Morgan fingerprint density at radius 2 is 1.89 bits per heavy atom. The Labute approximate surface area is 114 Å². The topological polar surface area (TPSA) is 67.4 Å². The first-order valence-corrected chi connectivity index (χ1v) is 6.23. The molecule has 0 atom stereocenters. The van der Waals surface area contributed by atoms with Crippen LogP contribution in [-0.2, 0) is 9.53 Å². The number of methoxy groups -OCH3 is 1. The number of nitrogens with one attached hydrogen (secondary N) is 2. The van der Waals surface area contributed by atoms with Gasteiger partial charge in [0.15, 0.2) is 0 Å². The number of amides is 2. The van der Waals surface area contributed by atoms with E-state index in [9.17, 15) is 9.59 Å². The normalized spacial score (nSPS) is 9.89. The summed E-state index contributed by atoms with van der Waals surface area (Å²) in [5.41, 5.74) is 0.570. The van der Waals surface area contributed by atoms with Crippen molar-refractivity contribution in [1.82, 2.24) is 10.6 Å². The van der Waals surface area contributed by atoms with Crippen LogP contribution >= 0.6 is 15.9 Å². The SMILES string of the molecule is COCC(=O)NCCNC(=O)c1ccccc1Br. The molecule has 2 N–H and O–H groups in total. The minimum atomic E-state index is -0.201. The second-order valence-corrected chi connectivity index (χ2v) is 4.37. The summed E-state index contributed by atoms with van der Waals surface area (Å²) in [5.74, 6) is -0.379. The summed E-state index contributed by atoms with van der Waals surface area (Å²) >= 11 is 3.30. The van der Waals surface area contributed by atoms with Crippen LogP contribution in [0.5, 0.6) is 0 Å². The molecule has 0 bridgehead atoms.